The lowest BCUT2D eigenvalue weighted by Gasteiger charge is -2.20. The van der Waals surface area contributed by atoms with Crippen molar-refractivity contribution in [2.45, 2.75) is 45.6 Å². The fraction of sp³-hybridized carbons (Fsp3) is 0.818. The number of ether oxygens (including phenoxy) is 1. The zero-order valence-corrected chi connectivity index (χ0v) is 9.78. The van der Waals surface area contributed by atoms with Gasteiger partial charge in [-0.15, -0.1) is 0 Å². The van der Waals surface area contributed by atoms with Gasteiger partial charge in [0.25, 0.3) is 0 Å². The quantitative estimate of drug-likeness (QED) is 0.680. The Kier molecular flexibility index (Phi) is 4.15. The lowest BCUT2D eigenvalue weighted by molar-refractivity contribution is -0.141. The van der Waals surface area contributed by atoms with Crippen LogP contribution in [0, 0.1) is 5.41 Å². The summed E-state index contributed by atoms with van der Waals surface area (Å²) in [5, 5.41) is 11.4. The predicted octanol–water partition coefficient (Wildman–Crippen LogP) is 1.77. The average molecular weight is 229 g/mol. The lowest BCUT2D eigenvalue weighted by Crippen LogP contribution is -2.46. The fourth-order valence-electron chi connectivity index (χ4n) is 1.49. The number of nitrogens with one attached hydrogen (secondary N) is 1. The van der Waals surface area contributed by atoms with Crippen LogP contribution in [-0.4, -0.2) is 29.8 Å². The number of carboxylic acids is 1. The summed E-state index contributed by atoms with van der Waals surface area (Å²) >= 11 is 0. The molecular formula is C11H19NO4. The normalized spacial score (nSPS) is 18.6. The first-order valence-corrected chi connectivity index (χ1v) is 5.65. The van der Waals surface area contributed by atoms with E-state index in [1.54, 1.807) is 0 Å². The molecule has 0 bridgehead atoms. The molecule has 0 saturated heterocycles. The highest BCUT2D eigenvalue weighted by molar-refractivity contribution is 5.81. The van der Waals surface area contributed by atoms with Crippen LogP contribution in [0.5, 0.6) is 0 Å². The maximum atomic E-state index is 11.3. The van der Waals surface area contributed by atoms with Crippen molar-refractivity contribution in [1.82, 2.24) is 5.32 Å². The van der Waals surface area contributed by atoms with Crippen LogP contribution in [-0.2, 0) is 9.53 Å². The molecule has 0 aromatic heterocycles. The molecular weight excluding hydrogens is 210 g/mol. The molecule has 5 heteroatoms. The second-order valence-corrected chi connectivity index (χ2v) is 4.56. The number of hydrogen-bond acceptors (Lipinski definition) is 3. The molecule has 0 aliphatic heterocycles. The van der Waals surface area contributed by atoms with Gasteiger partial charge < -0.3 is 15.2 Å². The largest absolute Gasteiger partial charge is 0.480 e. The number of carbonyl (C=O) groups excluding carboxylic acids is 1. The number of unbranched alkanes of at least 4 members (excludes halogenated alkanes) is 1. The van der Waals surface area contributed by atoms with Crippen LogP contribution < -0.4 is 5.32 Å². The summed E-state index contributed by atoms with van der Waals surface area (Å²) < 4.78 is 4.87. The minimum Gasteiger partial charge on any atom is -0.480 e. The van der Waals surface area contributed by atoms with Gasteiger partial charge in [-0.1, -0.05) is 20.3 Å². The van der Waals surface area contributed by atoms with Crippen LogP contribution >= 0.6 is 0 Å². The van der Waals surface area contributed by atoms with Gasteiger partial charge in [0, 0.05) is 0 Å². The Morgan fingerprint density at radius 3 is 2.56 bits per heavy atom. The third-order valence-corrected chi connectivity index (χ3v) is 2.98. The van der Waals surface area contributed by atoms with E-state index in [9.17, 15) is 9.59 Å². The Morgan fingerprint density at radius 1 is 1.50 bits per heavy atom. The maximum Gasteiger partial charge on any atom is 0.407 e. The first-order chi connectivity index (χ1) is 7.49. The van der Waals surface area contributed by atoms with Crippen molar-refractivity contribution in [3.8, 4) is 0 Å². The van der Waals surface area contributed by atoms with Crippen LogP contribution in [0.1, 0.15) is 39.5 Å². The fourth-order valence-corrected chi connectivity index (χ4v) is 1.49. The molecule has 92 valence electrons. The van der Waals surface area contributed by atoms with Gasteiger partial charge in [0.15, 0.2) is 0 Å². The SMILES string of the molecule is CCCCOC(=O)NC(C(=O)O)C1(C)CC1. The van der Waals surface area contributed by atoms with Crippen LogP contribution in [0.3, 0.4) is 0 Å². The van der Waals surface area contributed by atoms with Gasteiger partial charge in [0.1, 0.15) is 6.04 Å². The molecule has 1 aliphatic carbocycles. The first kappa shape index (κ1) is 12.8. The van der Waals surface area contributed by atoms with E-state index >= 15 is 0 Å². The molecule has 1 aliphatic rings. The summed E-state index contributed by atoms with van der Waals surface area (Å²) in [6, 6.07) is -0.832. The topological polar surface area (TPSA) is 75.6 Å². The third-order valence-electron chi connectivity index (χ3n) is 2.98. The van der Waals surface area contributed by atoms with E-state index in [0.717, 1.165) is 25.7 Å². The number of carboxylic acid groups (broad SMARTS) is 1. The van der Waals surface area contributed by atoms with E-state index in [1.165, 1.54) is 0 Å². The van der Waals surface area contributed by atoms with Crippen molar-refractivity contribution in [1.29, 1.82) is 0 Å². The number of alkyl carbamates (subject to hydrolysis) is 1. The third kappa shape index (κ3) is 3.40. The van der Waals surface area contributed by atoms with E-state index in [-0.39, 0.29) is 5.41 Å². The van der Waals surface area contributed by atoms with Gasteiger partial charge in [-0.05, 0) is 24.7 Å². The highest BCUT2D eigenvalue weighted by Gasteiger charge is 2.49. The lowest BCUT2D eigenvalue weighted by atomic mass is 9.99. The van der Waals surface area contributed by atoms with Gasteiger partial charge in [-0.2, -0.15) is 0 Å². The van der Waals surface area contributed by atoms with Crippen molar-refractivity contribution < 1.29 is 19.4 Å². The van der Waals surface area contributed by atoms with E-state index in [1.807, 2.05) is 13.8 Å². The molecule has 0 radical (unpaired) electrons. The van der Waals surface area contributed by atoms with Crippen LogP contribution in [0.25, 0.3) is 0 Å². The van der Waals surface area contributed by atoms with Gasteiger partial charge in [-0.3, -0.25) is 0 Å². The highest BCUT2D eigenvalue weighted by atomic mass is 16.5. The number of hydrogen-bond donors (Lipinski definition) is 2. The monoisotopic (exact) mass is 229 g/mol. The summed E-state index contributed by atoms with van der Waals surface area (Å²) in [5.74, 6) is -0.993. The van der Waals surface area contributed by atoms with Crippen LogP contribution in [0.15, 0.2) is 0 Å². The predicted molar refractivity (Wildman–Crippen MR) is 58.2 cm³/mol. The van der Waals surface area contributed by atoms with Crippen molar-refractivity contribution in [2.75, 3.05) is 6.61 Å². The summed E-state index contributed by atoms with van der Waals surface area (Å²) in [5.41, 5.74) is -0.296. The number of aliphatic carboxylic acids is 1. The Morgan fingerprint density at radius 2 is 2.12 bits per heavy atom. The van der Waals surface area contributed by atoms with Gasteiger partial charge >= 0.3 is 12.1 Å². The first-order valence-electron chi connectivity index (χ1n) is 5.65. The molecule has 0 aromatic rings. The summed E-state index contributed by atoms with van der Waals surface area (Å²) in [6.45, 7) is 4.19. The van der Waals surface area contributed by atoms with Crippen molar-refractivity contribution in [2.24, 2.45) is 5.41 Å². The summed E-state index contributed by atoms with van der Waals surface area (Å²) in [7, 11) is 0. The van der Waals surface area contributed by atoms with Crippen molar-refractivity contribution in [3.63, 3.8) is 0 Å². The van der Waals surface area contributed by atoms with Crippen molar-refractivity contribution in [3.05, 3.63) is 0 Å². The molecule has 1 amide bonds. The Hall–Kier alpha value is -1.26. The molecule has 1 fully saturated rings. The zero-order valence-electron chi connectivity index (χ0n) is 9.78. The van der Waals surface area contributed by atoms with Gasteiger partial charge in [-0.25, -0.2) is 9.59 Å². The molecule has 1 unspecified atom stereocenters. The number of amides is 1. The molecule has 1 saturated carbocycles. The van der Waals surface area contributed by atoms with E-state index in [0.29, 0.717) is 6.61 Å². The molecule has 1 atom stereocenters. The Balaban J connectivity index is 2.37. The number of carbonyl (C=O) groups is 2. The standard InChI is InChI=1S/C11H19NO4/c1-3-4-7-16-10(15)12-8(9(13)14)11(2)5-6-11/h8H,3-7H2,1-2H3,(H,12,15)(H,13,14). The average Bonchev–Trinajstić information content (AvgIpc) is 2.94. The van der Waals surface area contributed by atoms with E-state index in [2.05, 4.69) is 5.32 Å². The minimum atomic E-state index is -0.993. The molecule has 0 heterocycles. The van der Waals surface area contributed by atoms with Crippen molar-refractivity contribution >= 4 is 12.1 Å². The zero-order chi connectivity index (χ0) is 12.2. The molecule has 2 N–H and O–H groups in total. The number of rotatable bonds is 6. The van der Waals surface area contributed by atoms with Crippen LogP contribution in [0.2, 0.25) is 0 Å². The summed E-state index contributed by atoms with van der Waals surface area (Å²) in [6.07, 6.45) is 2.77. The Bertz CT molecular complexity index is 273. The second-order valence-electron chi connectivity index (χ2n) is 4.56. The van der Waals surface area contributed by atoms with E-state index < -0.39 is 18.1 Å². The molecule has 16 heavy (non-hydrogen) atoms. The maximum absolute atomic E-state index is 11.3. The molecule has 0 spiro atoms. The smallest absolute Gasteiger partial charge is 0.407 e. The second kappa shape index (κ2) is 5.18. The minimum absolute atomic E-state index is 0.296. The van der Waals surface area contributed by atoms with Gasteiger partial charge in [0.2, 0.25) is 0 Å². The molecule has 5 nitrogen and oxygen atoms in total. The Labute approximate surface area is 95.2 Å². The summed E-state index contributed by atoms with van der Waals surface area (Å²) in [4.78, 5) is 22.3. The highest BCUT2D eigenvalue weighted by Crippen LogP contribution is 2.48. The van der Waals surface area contributed by atoms with Crippen LogP contribution in [0.4, 0.5) is 4.79 Å². The van der Waals surface area contributed by atoms with Gasteiger partial charge in [0.05, 0.1) is 6.61 Å². The molecule has 1 rings (SSSR count). The van der Waals surface area contributed by atoms with E-state index in [4.69, 9.17) is 9.84 Å². The molecule has 0 aromatic carbocycles.